The van der Waals surface area contributed by atoms with E-state index in [1.165, 1.54) is 0 Å². The van der Waals surface area contributed by atoms with Gasteiger partial charge < -0.3 is 14.9 Å². The summed E-state index contributed by atoms with van der Waals surface area (Å²) in [7, 11) is 0. The van der Waals surface area contributed by atoms with Crippen molar-refractivity contribution in [2.24, 2.45) is 0 Å². The normalized spacial score (nSPS) is 58.5. The maximum atomic E-state index is 13.0. The van der Waals surface area contributed by atoms with Crippen LogP contribution in [0.4, 0.5) is 4.39 Å². The van der Waals surface area contributed by atoms with Gasteiger partial charge in [-0.25, -0.2) is 4.39 Å². The Bertz CT molecular complexity index is 163. The van der Waals surface area contributed by atoms with Gasteiger partial charge in [-0.2, -0.15) is 0 Å². The molecule has 2 unspecified atom stereocenters. The summed E-state index contributed by atoms with van der Waals surface area (Å²) in [4.78, 5) is 0. The minimum absolute atomic E-state index is 0.282. The van der Waals surface area contributed by atoms with Crippen molar-refractivity contribution < 1.29 is 19.3 Å². The lowest BCUT2D eigenvalue weighted by Crippen LogP contribution is -2.34. The van der Waals surface area contributed by atoms with Gasteiger partial charge in [-0.3, -0.25) is 0 Å². The van der Waals surface area contributed by atoms with E-state index in [0.29, 0.717) is 0 Å². The van der Waals surface area contributed by atoms with E-state index in [1.807, 2.05) is 0 Å². The Morgan fingerprint density at radius 3 is 2.70 bits per heavy atom. The first-order valence-corrected chi connectivity index (χ1v) is 3.32. The molecule has 1 heterocycles. The molecule has 2 rings (SSSR count). The van der Waals surface area contributed by atoms with Crippen molar-refractivity contribution in [2.45, 2.75) is 30.4 Å². The highest BCUT2D eigenvalue weighted by atomic mass is 19.1. The molecule has 1 aliphatic carbocycles. The Morgan fingerprint density at radius 2 is 2.40 bits per heavy atom. The van der Waals surface area contributed by atoms with E-state index in [-0.39, 0.29) is 13.0 Å². The van der Waals surface area contributed by atoms with E-state index in [1.54, 1.807) is 0 Å². The first kappa shape index (κ1) is 6.52. The van der Waals surface area contributed by atoms with Crippen LogP contribution in [0, 0.1) is 0 Å². The van der Waals surface area contributed by atoms with Gasteiger partial charge >= 0.3 is 0 Å². The average Bonchev–Trinajstić information content (AvgIpc) is 2.51. The van der Waals surface area contributed by atoms with Crippen molar-refractivity contribution in [3.63, 3.8) is 0 Å². The zero-order valence-electron chi connectivity index (χ0n) is 5.33. The number of ether oxygens (including phenoxy) is 1. The number of alkyl halides is 1. The van der Waals surface area contributed by atoms with Crippen molar-refractivity contribution in [3.8, 4) is 0 Å². The molecule has 0 aromatic rings. The quantitative estimate of drug-likeness (QED) is 0.512. The molecular weight excluding hydrogens is 139 g/mol. The van der Waals surface area contributed by atoms with Crippen molar-refractivity contribution in [2.75, 3.05) is 6.61 Å². The third-order valence-corrected chi connectivity index (χ3v) is 2.24. The van der Waals surface area contributed by atoms with Gasteiger partial charge in [-0.15, -0.1) is 0 Å². The largest absolute Gasteiger partial charge is 0.394 e. The van der Waals surface area contributed by atoms with Gasteiger partial charge in [0.05, 0.1) is 12.7 Å². The maximum Gasteiger partial charge on any atom is 0.167 e. The second kappa shape index (κ2) is 1.69. The van der Waals surface area contributed by atoms with Gasteiger partial charge in [0, 0.05) is 6.42 Å². The monoisotopic (exact) mass is 148 g/mol. The van der Waals surface area contributed by atoms with Gasteiger partial charge in [0.1, 0.15) is 12.2 Å². The zero-order valence-corrected chi connectivity index (χ0v) is 5.33. The molecule has 4 atom stereocenters. The first-order chi connectivity index (χ1) is 4.68. The topological polar surface area (TPSA) is 49.7 Å². The van der Waals surface area contributed by atoms with Crippen LogP contribution in [0.1, 0.15) is 6.42 Å². The second-order valence-corrected chi connectivity index (χ2v) is 2.92. The van der Waals surface area contributed by atoms with E-state index in [2.05, 4.69) is 0 Å². The summed E-state index contributed by atoms with van der Waals surface area (Å²) >= 11 is 0. The van der Waals surface area contributed by atoms with Crippen molar-refractivity contribution >= 4 is 0 Å². The number of hydrogen-bond acceptors (Lipinski definition) is 3. The lowest BCUT2D eigenvalue weighted by atomic mass is 10.1. The van der Waals surface area contributed by atoms with Gasteiger partial charge in [-0.05, 0) is 0 Å². The summed E-state index contributed by atoms with van der Waals surface area (Å²) < 4.78 is 18.0. The summed E-state index contributed by atoms with van der Waals surface area (Å²) in [5.41, 5.74) is -1.53. The molecule has 1 aliphatic heterocycles. The fraction of sp³-hybridized carbons (Fsp3) is 1.00. The van der Waals surface area contributed by atoms with Crippen LogP contribution in [0.2, 0.25) is 0 Å². The van der Waals surface area contributed by atoms with E-state index >= 15 is 0 Å². The predicted molar refractivity (Wildman–Crippen MR) is 30.2 cm³/mol. The molecule has 0 aromatic heterocycles. The number of aliphatic hydroxyl groups excluding tert-OH is 2. The Morgan fingerprint density at radius 1 is 1.70 bits per heavy atom. The minimum atomic E-state index is -1.53. The highest BCUT2D eigenvalue weighted by molar-refractivity contribution is 5.17. The highest BCUT2D eigenvalue weighted by Gasteiger charge is 2.69. The third-order valence-electron chi connectivity index (χ3n) is 2.24. The third kappa shape index (κ3) is 0.588. The second-order valence-electron chi connectivity index (χ2n) is 2.92. The molecule has 0 amide bonds. The summed E-state index contributed by atoms with van der Waals surface area (Å²) in [6, 6.07) is 0. The average molecular weight is 148 g/mol. The standard InChI is InChI=1S/C6H9FO3/c7-6-1-4(6)10-3(2-8)5(6)9/h3-5,8-9H,1-2H2/t3?,4?,5-,6+/m1/s1. The van der Waals surface area contributed by atoms with Crippen LogP contribution in [0.5, 0.6) is 0 Å². The molecule has 0 radical (unpaired) electrons. The Balaban J connectivity index is 2.09. The highest BCUT2D eigenvalue weighted by Crippen LogP contribution is 2.52. The smallest absolute Gasteiger partial charge is 0.167 e. The Hall–Kier alpha value is -0.190. The van der Waals surface area contributed by atoms with E-state index < -0.39 is 24.0 Å². The van der Waals surface area contributed by atoms with Gasteiger partial charge in [-0.1, -0.05) is 0 Å². The number of fused-ring (bicyclic) bond motifs is 1. The molecule has 0 aromatic carbocycles. The lowest BCUT2D eigenvalue weighted by molar-refractivity contribution is -0.0364. The molecule has 1 saturated carbocycles. The van der Waals surface area contributed by atoms with Crippen LogP contribution < -0.4 is 0 Å². The Kier molecular flexibility index (Phi) is 1.10. The molecule has 2 N–H and O–H groups in total. The van der Waals surface area contributed by atoms with Gasteiger partial charge in [0.15, 0.2) is 5.67 Å². The fourth-order valence-corrected chi connectivity index (χ4v) is 1.43. The summed E-state index contributed by atoms with van der Waals surface area (Å²) in [6.45, 7) is -0.302. The van der Waals surface area contributed by atoms with E-state index in [9.17, 15) is 4.39 Å². The number of halogens is 1. The van der Waals surface area contributed by atoms with Gasteiger partial charge in [0.2, 0.25) is 0 Å². The molecule has 1 saturated heterocycles. The van der Waals surface area contributed by atoms with Crippen molar-refractivity contribution in [1.82, 2.24) is 0 Å². The molecule has 0 spiro atoms. The first-order valence-electron chi connectivity index (χ1n) is 3.32. The molecular formula is C6H9FO3. The van der Waals surface area contributed by atoms with Gasteiger partial charge in [0.25, 0.3) is 0 Å². The van der Waals surface area contributed by atoms with Crippen LogP contribution >= 0.6 is 0 Å². The van der Waals surface area contributed by atoms with Crippen LogP contribution in [-0.4, -0.2) is 40.8 Å². The van der Waals surface area contributed by atoms with Crippen LogP contribution in [0.3, 0.4) is 0 Å². The fourth-order valence-electron chi connectivity index (χ4n) is 1.43. The van der Waals surface area contributed by atoms with E-state index in [0.717, 1.165) is 0 Å². The van der Waals surface area contributed by atoms with Crippen molar-refractivity contribution in [3.05, 3.63) is 0 Å². The molecule has 58 valence electrons. The lowest BCUT2D eigenvalue weighted by Gasteiger charge is -2.14. The molecule has 4 heteroatoms. The van der Waals surface area contributed by atoms with Crippen LogP contribution in [-0.2, 0) is 4.74 Å². The molecule has 3 nitrogen and oxygen atoms in total. The van der Waals surface area contributed by atoms with Crippen molar-refractivity contribution in [1.29, 1.82) is 0 Å². The molecule has 10 heavy (non-hydrogen) atoms. The minimum Gasteiger partial charge on any atom is -0.394 e. The zero-order chi connectivity index (χ0) is 7.35. The summed E-state index contributed by atoms with van der Waals surface area (Å²) in [5, 5.41) is 17.6. The summed E-state index contributed by atoms with van der Waals surface area (Å²) in [5.74, 6) is 0. The van der Waals surface area contributed by atoms with E-state index in [4.69, 9.17) is 14.9 Å². The maximum absolute atomic E-state index is 13.0. The Labute approximate surface area is 57.4 Å². The number of aliphatic hydroxyl groups is 2. The summed E-state index contributed by atoms with van der Waals surface area (Å²) in [6.07, 6.45) is -2.00. The predicted octanol–water partition coefficient (Wildman–Crippen LogP) is -0.781. The SMILES string of the molecule is OCC1OC2C[C@@]2(F)[C@@H]1O. The molecule has 0 bridgehead atoms. The van der Waals surface area contributed by atoms with Crippen LogP contribution in [0.15, 0.2) is 0 Å². The number of hydrogen-bond donors (Lipinski definition) is 2. The molecule has 2 fully saturated rings. The van der Waals surface area contributed by atoms with Crippen LogP contribution in [0.25, 0.3) is 0 Å². The molecule has 2 aliphatic rings. The number of rotatable bonds is 1.